The highest BCUT2D eigenvalue weighted by atomic mass is 35.5. The van der Waals surface area contributed by atoms with E-state index in [0.29, 0.717) is 0 Å². The van der Waals surface area contributed by atoms with Gasteiger partial charge in [-0.05, 0) is 18.9 Å². The fourth-order valence-electron chi connectivity index (χ4n) is 3.81. The summed E-state index contributed by atoms with van der Waals surface area (Å²) in [6.45, 7) is 1.77. The van der Waals surface area contributed by atoms with E-state index < -0.39 is 5.79 Å². The summed E-state index contributed by atoms with van der Waals surface area (Å²) in [7, 11) is 0. The third kappa shape index (κ3) is 2.74. The van der Waals surface area contributed by atoms with Gasteiger partial charge in [-0.1, -0.05) is 55.0 Å². The Morgan fingerprint density at radius 3 is 2.36 bits per heavy atom. The molecule has 0 radical (unpaired) electrons. The van der Waals surface area contributed by atoms with Crippen molar-refractivity contribution in [2.45, 2.75) is 25.0 Å². The first kappa shape index (κ1) is 16.6. The molecule has 1 atom stereocenters. The predicted molar refractivity (Wildman–Crippen MR) is 98.7 cm³/mol. The standard InChI is InChI=1S/C20H22ClN3O/c21-15-20(23-13-7-2-8-14-23)22-18-12-6-5-11-17(18)19(24(20)25)16-9-3-1-4-10-16/h1,3-6,9-12,25H,2,7-8,13-15H2. The minimum Gasteiger partial charge on any atom is -0.285 e. The van der Waals surface area contributed by atoms with E-state index in [4.69, 9.17) is 16.6 Å². The first-order valence-electron chi connectivity index (χ1n) is 8.81. The first-order chi connectivity index (χ1) is 12.3. The van der Waals surface area contributed by atoms with Gasteiger partial charge in [0.05, 0.1) is 16.9 Å². The fraction of sp³-hybridized carbons (Fsp3) is 0.350. The summed E-state index contributed by atoms with van der Waals surface area (Å²) in [5, 5.41) is 14.4. The van der Waals surface area contributed by atoms with E-state index in [1.807, 2.05) is 54.6 Å². The van der Waals surface area contributed by atoms with Crippen LogP contribution in [0, 0.1) is 0 Å². The highest BCUT2D eigenvalue weighted by Gasteiger charge is 2.45. The van der Waals surface area contributed by atoms with Crippen LogP contribution in [0.3, 0.4) is 0 Å². The number of piperidine rings is 1. The Balaban J connectivity index is 1.96. The van der Waals surface area contributed by atoms with Crippen LogP contribution in [0.15, 0.2) is 59.6 Å². The summed E-state index contributed by atoms with van der Waals surface area (Å²) in [4.78, 5) is 7.14. The molecular formula is C20H22ClN3O. The second kappa shape index (κ2) is 6.79. The SMILES string of the molecule is ON1C(c2ccccc2)=c2ccccc2=NC1(CCl)N1CCCCC1. The molecule has 1 unspecified atom stereocenters. The molecule has 5 heteroatoms. The lowest BCUT2D eigenvalue weighted by Gasteiger charge is -2.48. The maximum atomic E-state index is 11.3. The van der Waals surface area contributed by atoms with E-state index in [1.165, 1.54) is 11.5 Å². The molecule has 1 saturated heterocycles. The Bertz CT molecular complexity index is 864. The van der Waals surface area contributed by atoms with Crippen LogP contribution in [-0.2, 0) is 0 Å². The highest BCUT2D eigenvalue weighted by molar-refractivity contribution is 6.18. The van der Waals surface area contributed by atoms with Crippen molar-refractivity contribution in [1.29, 1.82) is 0 Å². The molecule has 4 nitrogen and oxygen atoms in total. The van der Waals surface area contributed by atoms with Crippen LogP contribution in [0.4, 0.5) is 0 Å². The highest BCUT2D eigenvalue weighted by Crippen LogP contribution is 2.32. The summed E-state index contributed by atoms with van der Waals surface area (Å²) in [5.74, 6) is -0.754. The number of likely N-dealkylation sites (tertiary alicyclic amines) is 1. The number of hydrogen-bond donors (Lipinski definition) is 1. The van der Waals surface area contributed by atoms with Crippen molar-refractivity contribution in [2.24, 2.45) is 4.99 Å². The summed E-state index contributed by atoms with van der Waals surface area (Å²) < 4.78 is 0. The van der Waals surface area contributed by atoms with E-state index in [-0.39, 0.29) is 5.88 Å². The molecule has 0 saturated carbocycles. The Morgan fingerprint density at radius 2 is 1.64 bits per heavy atom. The molecule has 130 valence electrons. The molecule has 0 bridgehead atoms. The van der Waals surface area contributed by atoms with Crippen molar-refractivity contribution in [1.82, 2.24) is 9.96 Å². The van der Waals surface area contributed by atoms with Crippen LogP contribution in [0.2, 0.25) is 0 Å². The lowest BCUT2D eigenvalue weighted by molar-refractivity contribution is -0.180. The molecule has 2 aliphatic heterocycles. The average molecular weight is 356 g/mol. The Hall–Kier alpha value is -1.88. The normalized spacial score (nSPS) is 23.9. The van der Waals surface area contributed by atoms with Crippen LogP contribution in [0.1, 0.15) is 24.8 Å². The zero-order valence-corrected chi connectivity index (χ0v) is 14.9. The molecule has 2 aromatic carbocycles. The molecule has 25 heavy (non-hydrogen) atoms. The number of alkyl halides is 1. The van der Waals surface area contributed by atoms with E-state index in [2.05, 4.69) is 4.90 Å². The van der Waals surface area contributed by atoms with Crippen LogP contribution >= 0.6 is 11.6 Å². The van der Waals surface area contributed by atoms with Gasteiger partial charge in [-0.15, -0.1) is 11.6 Å². The van der Waals surface area contributed by atoms with Crippen molar-refractivity contribution < 1.29 is 5.21 Å². The number of benzene rings is 2. The van der Waals surface area contributed by atoms with Gasteiger partial charge in [-0.25, -0.2) is 10.1 Å². The first-order valence-corrected chi connectivity index (χ1v) is 9.34. The van der Waals surface area contributed by atoms with E-state index in [1.54, 1.807) is 0 Å². The van der Waals surface area contributed by atoms with Crippen molar-refractivity contribution in [3.63, 3.8) is 0 Å². The Morgan fingerprint density at radius 1 is 0.960 bits per heavy atom. The van der Waals surface area contributed by atoms with Gasteiger partial charge in [0.25, 0.3) is 0 Å². The molecule has 1 fully saturated rings. The molecule has 4 rings (SSSR count). The van der Waals surface area contributed by atoms with Gasteiger partial charge in [-0.2, -0.15) is 0 Å². The molecular weight excluding hydrogens is 334 g/mol. The lowest BCUT2D eigenvalue weighted by Crippen LogP contribution is -2.64. The molecule has 0 amide bonds. The number of halogens is 1. The average Bonchev–Trinajstić information content (AvgIpc) is 2.69. The minimum atomic E-state index is -0.957. The second-order valence-electron chi connectivity index (χ2n) is 6.61. The quantitative estimate of drug-likeness (QED) is 0.860. The molecule has 0 aromatic heterocycles. The van der Waals surface area contributed by atoms with E-state index in [9.17, 15) is 5.21 Å². The smallest absolute Gasteiger partial charge is 0.226 e. The van der Waals surface area contributed by atoms with Crippen molar-refractivity contribution in [3.05, 3.63) is 70.7 Å². The van der Waals surface area contributed by atoms with Crippen LogP contribution in [-0.4, -0.2) is 39.9 Å². The number of hydroxylamine groups is 2. The molecule has 0 spiro atoms. The summed E-state index contributed by atoms with van der Waals surface area (Å²) >= 11 is 6.43. The van der Waals surface area contributed by atoms with Gasteiger partial charge in [0.15, 0.2) is 0 Å². The van der Waals surface area contributed by atoms with Gasteiger partial charge in [0, 0.05) is 23.9 Å². The molecule has 0 aliphatic carbocycles. The van der Waals surface area contributed by atoms with E-state index in [0.717, 1.165) is 47.8 Å². The van der Waals surface area contributed by atoms with Crippen molar-refractivity contribution in [2.75, 3.05) is 19.0 Å². The molecule has 2 aliphatic rings. The largest absolute Gasteiger partial charge is 0.285 e. The number of hydrogen-bond acceptors (Lipinski definition) is 4. The van der Waals surface area contributed by atoms with Crippen molar-refractivity contribution >= 4 is 17.3 Å². The molecule has 2 aromatic rings. The third-order valence-corrected chi connectivity index (χ3v) is 5.46. The van der Waals surface area contributed by atoms with E-state index >= 15 is 0 Å². The third-order valence-electron chi connectivity index (χ3n) is 5.10. The maximum Gasteiger partial charge on any atom is 0.226 e. The molecule has 1 N–H and O–H groups in total. The van der Waals surface area contributed by atoms with Crippen LogP contribution < -0.4 is 10.6 Å². The zero-order valence-electron chi connectivity index (χ0n) is 14.1. The summed E-state index contributed by atoms with van der Waals surface area (Å²) in [5.41, 5.74) is 1.72. The Labute approximate surface area is 152 Å². The van der Waals surface area contributed by atoms with Crippen LogP contribution in [0.5, 0.6) is 0 Å². The van der Waals surface area contributed by atoms with Gasteiger partial charge >= 0.3 is 0 Å². The van der Waals surface area contributed by atoms with Crippen molar-refractivity contribution in [3.8, 4) is 0 Å². The number of fused-ring (bicyclic) bond motifs is 1. The monoisotopic (exact) mass is 355 g/mol. The second-order valence-corrected chi connectivity index (χ2v) is 6.88. The van der Waals surface area contributed by atoms with Gasteiger partial charge in [0.2, 0.25) is 5.79 Å². The lowest BCUT2D eigenvalue weighted by atomic mass is 10.0. The summed E-state index contributed by atoms with van der Waals surface area (Å²) in [6, 6.07) is 17.9. The fourth-order valence-corrected chi connectivity index (χ4v) is 4.15. The van der Waals surface area contributed by atoms with Gasteiger partial charge < -0.3 is 0 Å². The van der Waals surface area contributed by atoms with Crippen LogP contribution in [0.25, 0.3) is 5.70 Å². The number of rotatable bonds is 3. The Kier molecular flexibility index (Phi) is 4.50. The number of nitrogens with zero attached hydrogens (tertiary/aromatic N) is 3. The number of para-hydroxylation sites is 1. The zero-order chi connectivity index (χ0) is 17.3. The molecule has 2 heterocycles. The topological polar surface area (TPSA) is 39.1 Å². The minimum absolute atomic E-state index is 0.203. The maximum absolute atomic E-state index is 11.3. The van der Waals surface area contributed by atoms with Gasteiger partial charge in [-0.3, -0.25) is 10.1 Å². The summed E-state index contributed by atoms with van der Waals surface area (Å²) in [6.07, 6.45) is 3.42. The van der Waals surface area contributed by atoms with Gasteiger partial charge in [0.1, 0.15) is 0 Å². The predicted octanol–water partition coefficient (Wildman–Crippen LogP) is 2.55.